The molecule has 0 amide bonds. The summed E-state index contributed by atoms with van der Waals surface area (Å²) in [6.07, 6.45) is 7.07. The lowest BCUT2D eigenvalue weighted by Gasteiger charge is -1.98. The molecule has 0 aromatic carbocycles. The molecule has 1 rings (SSSR count). The predicted octanol–water partition coefficient (Wildman–Crippen LogP) is 2.12. The van der Waals surface area contributed by atoms with E-state index in [1.54, 1.807) is 24.2 Å². The van der Waals surface area contributed by atoms with Crippen LogP contribution in [0, 0.1) is 0 Å². The topological polar surface area (TPSA) is 51.8 Å². The standard InChI is InChI=1S/C9H15N3S.ClH/c10-5-2-1-3-8-13-9-11-6-4-7-12-9;/h4,6-7H,1-3,5,8,10H2;1H. The molecule has 80 valence electrons. The Morgan fingerprint density at radius 1 is 1.14 bits per heavy atom. The first kappa shape index (κ1) is 13.7. The Balaban J connectivity index is 0.00000169. The second-order valence-corrected chi connectivity index (χ2v) is 3.79. The molecule has 0 aliphatic carbocycles. The van der Waals surface area contributed by atoms with Gasteiger partial charge in [-0.15, -0.1) is 12.4 Å². The van der Waals surface area contributed by atoms with Crippen molar-refractivity contribution in [1.82, 2.24) is 9.97 Å². The van der Waals surface area contributed by atoms with Crippen LogP contribution in [0.1, 0.15) is 19.3 Å². The van der Waals surface area contributed by atoms with Crippen molar-refractivity contribution in [1.29, 1.82) is 0 Å². The molecule has 0 fully saturated rings. The first-order valence-corrected chi connectivity index (χ1v) is 5.52. The summed E-state index contributed by atoms with van der Waals surface area (Å²) in [7, 11) is 0. The lowest BCUT2D eigenvalue weighted by molar-refractivity contribution is 0.731. The molecule has 0 bridgehead atoms. The summed E-state index contributed by atoms with van der Waals surface area (Å²) in [6, 6.07) is 1.83. The number of nitrogens with zero attached hydrogens (tertiary/aromatic N) is 2. The molecule has 1 heterocycles. The Hall–Kier alpha value is -0.320. The average Bonchev–Trinajstić information content (AvgIpc) is 2.19. The van der Waals surface area contributed by atoms with E-state index in [-0.39, 0.29) is 12.4 Å². The second kappa shape index (κ2) is 9.24. The first-order valence-electron chi connectivity index (χ1n) is 4.53. The summed E-state index contributed by atoms with van der Waals surface area (Å²) in [5, 5.41) is 0.871. The van der Waals surface area contributed by atoms with Crippen molar-refractivity contribution >= 4 is 24.2 Å². The highest BCUT2D eigenvalue weighted by Gasteiger charge is 1.94. The zero-order valence-electron chi connectivity index (χ0n) is 8.06. The molecule has 0 aliphatic rings. The Morgan fingerprint density at radius 3 is 2.50 bits per heavy atom. The molecule has 0 aliphatic heterocycles. The van der Waals surface area contributed by atoms with Crippen LogP contribution in [0.5, 0.6) is 0 Å². The molecular formula is C9H16ClN3S. The van der Waals surface area contributed by atoms with Crippen LogP contribution in [0.3, 0.4) is 0 Å². The van der Waals surface area contributed by atoms with Gasteiger partial charge in [-0.25, -0.2) is 9.97 Å². The zero-order valence-corrected chi connectivity index (χ0v) is 9.69. The molecule has 3 nitrogen and oxygen atoms in total. The first-order chi connectivity index (χ1) is 6.43. The monoisotopic (exact) mass is 233 g/mol. The molecular weight excluding hydrogens is 218 g/mol. The van der Waals surface area contributed by atoms with Gasteiger partial charge in [0, 0.05) is 18.1 Å². The highest BCUT2D eigenvalue weighted by Crippen LogP contribution is 2.13. The molecule has 2 N–H and O–H groups in total. The molecule has 0 spiro atoms. The molecule has 0 unspecified atom stereocenters. The van der Waals surface area contributed by atoms with Crippen LogP contribution in [0.25, 0.3) is 0 Å². The third-order valence-electron chi connectivity index (χ3n) is 1.62. The highest BCUT2D eigenvalue weighted by atomic mass is 35.5. The molecule has 0 radical (unpaired) electrons. The fraction of sp³-hybridized carbons (Fsp3) is 0.556. The molecule has 0 saturated carbocycles. The van der Waals surface area contributed by atoms with Crippen molar-refractivity contribution in [3.8, 4) is 0 Å². The summed E-state index contributed by atoms with van der Waals surface area (Å²) >= 11 is 1.71. The average molecular weight is 234 g/mol. The van der Waals surface area contributed by atoms with Crippen LogP contribution in [-0.2, 0) is 0 Å². The summed E-state index contributed by atoms with van der Waals surface area (Å²) in [5.41, 5.74) is 5.39. The van der Waals surface area contributed by atoms with Gasteiger partial charge in [0.2, 0.25) is 0 Å². The smallest absolute Gasteiger partial charge is 0.187 e. The third kappa shape index (κ3) is 6.18. The van der Waals surface area contributed by atoms with Crippen LogP contribution in [-0.4, -0.2) is 22.3 Å². The lowest BCUT2D eigenvalue weighted by atomic mass is 10.2. The van der Waals surface area contributed by atoms with Gasteiger partial charge in [0.1, 0.15) is 0 Å². The Morgan fingerprint density at radius 2 is 1.86 bits per heavy atom. The van der Waals surface area contributed by atoms with Crippen LogP contribution >= 0.6 is 24.2 Å². The van der Waals surface area contributed by atoms with E-state index >= 15 is 0 Å². The van der Waals surface area contributed by atoms with Crippen molar-refractivity contribution in [3.05, 3.63) is 18.5 Å². The van der Waals surface area contributed by atoms with Crippen molar-refractivity contribution in [2.24, 2.45) is 5.73 Å². The maximum atomic E-state index is 5.39. The molecule has 1 aromatic heterocycles. The maximum Gasteiger partial charge on any atom is 0.187 e. The Labute approximate surface area is 95.3 Å². The van der Waals surface area contributed by atoms with E-state index in [0.717, 1.165) is 23.9 Å². The highest BCUT2D eigenvalue weighted by molar-refractivity contribution is 7.99. The van der Waals surface area contributed by atoms with Crippen molar-refractivity contribution < 1.29 is 0 Å². The number of aromatic nitrogens is 2. The normalized spacial score (nSPS) is 9.50. The van der Waals surface area contributed by atoms with Crippen molar-refractivity contribution in [2.45, 2.75) is 24.4 Å². The van der Waals surface area contributed by atoms with E-state index in [2.05, 4.69) is 9.97 Å². The van der Waals surface area contributed by atoms with Gasteiger partial charge in [-0.1, -0.05) is 18.2 Å². The number of hydrogen-bond acceptors (Lipinski definition) is 4. The van der Waals surface area contributed by atoms with Gasteiger partial charge in [-0.05, 0) is 25.5 Å². The largest absolute Gasteiger partial charge is 0.330 e. The minimum Gasteiger partial charge on any atom is -0.330 e. The molecule has 5 heteroatoms. The molecule has 0 saturated heterocycles. The van der Waals surface area contributed by atoms with E-state index in [0.29, 0.717) is 0 Å². The van der Waals surface area contributed by atoms with E-state index in [1.807, 2.05) is 6.07 Å². The fourth-order valence-corrected chi connectivity index (χ4v) is 1.75. The molecule has 0 atom stereocenters. The third-order valence-corrected chi connectivity index (χ3v) is 2.58. The number of nitrogens with two attached hydrogens (primary N) is 1. The van der Waals surface area contributed by atoms with Gasteiger partial charge in [0.15, 0.2) is 5.16 Å². The summed E-state index contributed by atoms with van der Waals surface area (Å²) in [4.78, 5) is 8.25. The Kier molecular flexibility index (Phi) is 9.03. The van der Waals surface area contributed by atoms with Gasteiger partial charge < -0.3 is 5.73 Å². The van der Waals surface area contributed by atoms with Crippen molar-refractivity contribution in [3.63, 3.8) is 0 Å². The zero-order chi connectivity index (χ0) is 9.36. The van der Waals surface area contributed by atoms with Crippen molar-refractivity contribution in [2.75, 3.05) is 12.3 Å². The van der Waals surface area contributed by atoms with Crippen LogP contribution in [0.2, 0.25) is 0 Å². The SMILES string of the molecule is Cl.NCCCCCSc1ncccn1. The van der Waals surface area contributed by atoms with E-state index in [9.17, 15) is 0 Å². The van der Waals surface area contributed by atoms with E-state index < -0.39 is 0 Å². The number of hydrogen-bond donors (Lipinski definition) is 1. The minimum absolute atomic E-state index is 0. The van der Waals surface area contributed by atoms with E-state index in [4.69, 9.17) is 5.73 Å². The fourth-order valence-electron chi connectivity index (χ4n) is 0.947. The predicted molar refractivity (Wildman–Crippen MR) is 62.9 cm³/mol. The van der Waals surface area contributed by atoms with Gasteiger partial charge >= 0.3 is 0 Å². The summed E-state index contributed by atoms with van der Waals surface area (Å²) < 4.78 is 0. The number of unbranched alkanes of at least 4 members (excludes halogenated alkanes) is 2. The number of thioether (sulfide) groups is 1. The second-order valence-electron chi connectivity index (χ2n) is 2.73. The van der Waals surface area contributed by atoms with Crippen LogP contribution in [0.4, 0.5) is 0 Å². The van der Waals surface area contributed by atoms with Crippen LogP contribution < -0.4 is 5.73 Å². The van der Waals surface area contributed by atoms with Gasteiger partial charge in [-0.3, -0.25) is 0 Å². The van der Waals surface area contributed by atoms with Gasteiger partial charge in [0.25, 0.3) is 0 Å². The summed E-state index contributed by atoms with van der Waals surface area (Å²) in [5.74, 6) is 1.09. The summed E-state index contributed by atoms with van der Waals surface area (Å²) in [6.45, 7) is 0.798. The van der Waals surface area contributed by atoms with E-state index in [1.165, 1.54) is 12.8 Å². The van der Waals surface area contributed by atoms with Gasteiger partial charge in [-0.2, -0.15) is 0 Å². The Bertz CT molecular complexity index is 221. The molecule has 1 aromatic rings. The maximum absolute atomic E-state index is 5.39. The minimum atomic E-state index is 0. The number of halogens is 1. The molecule has 14 heavy (non-hydrogen) atoms. The van der Waals surface area contributed by atoms with Gasteiger partial charge in [0.05, 0.1) is 0 Å². The lowest BCUT2D eigenvalue weighted by Crippen LogP contribution is -1.98. The van der Waals surface area contributed by atoms with Crippen LogP contribution in [0.15, 0.2) is 23.6 Å². The number of rotatable bonds is 6. The quantitative estimate of drug-likeness (QED) is 0.465.